The molecule has 7 aromatic carbocycles. The largest absolute Gasteiger partial charge is 0.491 e. The Morgan fingerprint density at radius 2 is 1.17 bits per heavy atom. The highest BCUT2D eigenvalue weighted by Crippen LogP contribution is 2.44. The van der Waals surface area contributed by atoms with Crippen molar-refractivity contribution >= 4 is 49.4 Å². The van der Waals surface area contributed by atoms with Gasteiger partial charge in [0.15, 0.2) is 0 Å². The average Bonchev–Trinajstić information content (AvgIpc) is 3.04. The Kier molecular flexibility index (Phi) is 6.71. The average molecular weight is 550 g/mol. The van der Waals surface area contributed by atoms with Gasteiger partial charge in [0.25, 0.3) is 0 Å². The van der Waals surface area contributed by atoms with Crippen molar-refractivity contribution in [2.45, 2.75) is 13.0 Å². The van der Waals surface area contributed by atoms with E-state index in [2.05, 4.69) is 115 Å². The number of benzene rings is 7. The van der Waals surface area contributed by atoms with Crippen LogP contribution in [0.1, 0.15) is 5.56 Å². The summed E-state index contributed by atoms with van der Waals surface area (Å²) in [4.78, 5) is 2.35. The molecule has 0 heterocycles. The summed E-state index contributed by atoms with van der Waals surface area (Å²) in [5.74, 6) is 0.655. The van der Waals surface area contributed by atoms with Gasteiger partial charge in [0.2, 0.25) is 0 Å². The maximum atomic E-state index is 9.55. The van der Waals surface area contributed by atoms with Crippen LogP contribution in [0.15, 0.2) is 127 Å². The molecule has 0 amide bonds. The van der Waals surface area contributed by atoms with E-state index in [4.69, 9.17) is 9.84 Å². The highest BCUT2D eigenvalue weighted by molar-refractivity contribution is 6.25. The van der Waals surface area contributed by atoms with E-state index in [1.807, 2.05) is 24.3 Å². The molecule has 0 aliphatic heterocycles. The standard InChI is InChI=1S/C38H31NO3/c1-25-5-15-31(16-6-25)39(32-17-9-26(10-18-32)27-11-19-34(20-12-27)42-24-33(41)23-40)36-22-14-30-8-7-28-3-2-4-29-13-21-35(36)38(30)37(28)29/h2-22,33,40-41H,23-24H2,1H3. The number of aryl methyl sites for hydroxylation is 1. The summed E-state index contributed by atoms with van der Waals surface area (Å²) < 4.78 is 5.57. The highest BCUT2D eigenvalue weighted by atomic mass is 16.5. The van der Waals surface area contributed by atoms with Gasteiger partial charge in [-0.15, -0.1) is 0 Å². The Bertz CT molecular complexity index is 1960. The molecule has 0 aliphatic carbocycles. The second kappa shape index (κ2) is 10.8. The molecule has 7 rings (SSSR count). The lowest BCUT2D eigenvalue weighted by molar-refractivity contribution is 0.0536. The maximum Gasteiger partial charge on any atom is 0.119 e. The lowest BCUT2D eigenvalue weighted by Crippen LogP contribution is -2.21. The van der Waals surface area contributed by atoms with Gasteiger partial charge in [0.05, 0.1) is 12.3 Å². The van der Waals surface area contributed by atoms with E-state index in [9.17, 15) is 5.11 Å². The number of ether oxygens (including phenoxy) is 1. The van der Waals surface area contributed by atoms with Crippen LogP contribution in [0.2, 0.25) is 0 Å². The molecule has 0 bridgehead atoms. The summed E-state index contributed by atoms with van der Waals surface area (Å²) in [5, 5.41) is 26.2. The molecule has 0 saturated heterocycles. The Labute approximate surface area is 245 Å². The molecule has 4 nitrogen and oxygen atoms in total. The van der Waals surface area contributed by atoms with Crippen LogP contribution in [0.25, 0.3) is 43.4 Å². The summed E-state index contributed by atoms with van der Waals surface area (Å²) in [6, 6.07) is 45.1. The van der Waals surface area contributed by atoms with Gasteiger partial charge in [-0.2, -0.15) is 0 Å². The summed E-state index contributed by atoms with van der Waals surface area (Å²) >= 11 is 0. The van der Waals surface area contributed by atoms with Gasteiger partial charge in [-0.05, 0) is 87.4 Å². The van der Waals surface area contributed by atoms with Crippen molar-refractivity contribution in [1.82, 2.24) is 0 Å². The minimum absolute atomic E-state index is 0.0580. The lowest BCUT2D eigenvalue weighted by atomic mass is 9.93. The van der Waals surface area contributed by atoms with E-state index in [1.54, 1.807) is 0 Å². The maximum absolute atomic E-state index is 9.55. The number of anilines is 3. The minimum Gasteiger partial charge on any atom is -0.491 e. The third-order valence-electron chi connectivity index (χ3n) is 8.01. The molecule has 4 heteroatoms. The van der Waals surface area contributed by atoms with Gasteiger partial charge in [-0.25, -0.2) is 0 Å². The van der Waals surface area contributed by atoms with Crippen LogP contribution in [0.4, 0.5) is 17.1 Å². The smallest absolute Gasteiger partial charge is 0.119 e. The van der Waals surface area contributed by atoms with Gasteiger partial charge in [-0.3, -0.25) is 0 Å². The van der Waals surface area contributed by atoms with Gasteiger partial charge < -0.3 is 19.8 Å². The monoisotopic (exact) mass is 549 g/mol. The predicted octanol–water partition coefficient (Wildman–Crippen LogP) is 8.76. The first-order chi connectivity index (χ1) is 20.6. The fourth-order valence-corrected chi connectivity index (χ4v) is 5.83. The molecule has 42 heavy (non-hydrogen) atoms. The SMILES string of the molecule is Cc1ccc(N(c2ccc(-c3ccc(OCC(O)CO)cc3)cc2)c2ccc3ccc4cccc5ccc2c3c45)cc1. The number of aliphatic hydroxyl groups is 2. The van der Waals surface area contributed by atoms with E-state index in [1.165, 1.54) is 37.9 Å². The minimum atomic E-state index is -0.887. The molecule has 0 spiro atoms. The molecule has 0 aromatic heterocycles. The third-order valence-corrected chi connectivity index (χ3v) is 8.01. The Morgan fingerprint density at radius 3 is 1.81 bits per heavy atom. The molecular weight excluding hydrogens is 518 g/mol. The third kappa shape index (κ3) is 4.71. The topological polar surface area (TPSA) is 52.9 Å². The first-order valence-corrected chi connectivity index (χ1v) is 14.2. The van der Waals surface area contributed by atoms with E-state index in [0.29, 0.717) is 5.75 Å². The van der Waals surface area contributed by atoms with Crippen molar-refractivity contribution in [2.24, 2.45) is 0 Å². The van der Waals surface area contributed by atoms with Crippen LogP contribution in [0, 0.1) is 6.92 Å². The van der Waals surface area contributed by atoms with Gasteiger partial charge in [0.1, 0.15) is 18.5 Å². The van der Waals surface area contributed by atoms with E-state index >= 15 is 0 Å². The summed E-state index contributed by atoms with van der Waals surface area (Å²) in [7, 11) is 0. The van der Waals surface area contributed by atoms with Crippen molar-refractivity contribution in [3.05, 3.63) is 133 Å². The van der Waals surface area contributed by atoms with Crippen LogP contribution in [-0.4, -0.2) is 29.5 Å². The van der Waals surface area contributed by atoms with Gasteiger partial charge in [0, 0.05) is 16.8 Å². The van der Waals surface area contributed by atoms with Crippen molar-refractivity contribution in [3.63, 3.8) is 0 Å². The fraction of sp³-hybridized carbons (Fsp3) is 0.105. The molecule has 1 unspecified atom stereocenters. The zero-order valence-corrected chi connectivity index (χ0v) is 23.4. The van der Waals surface area contributed by atoms with Crippen LogP contribution >= 0.6 is 0 Å². The zero-order chi connectivity index (χ0) is 28.6. The quantitative estimate of drug-likeness (QED) is 0.186. The van der Waals surface area contributed by atoms with Crippen LogP contribution < -0.4 is 9.64 Å². The number of aliphatic hydroxyl groups excluding tert-OH is 2. The van der Waals surface area contributed by atoms with Gasteiger partial charge in [-0.1, -0.05) is 90.5 Å². The second-order valence-electron chi connectivity index (χ2n) is 10.8. The highest BCUT2D eigenvalue weighted by Gasteiger charge is 2.18. The number of nitrogens with zero attached hydrogens (tertiary/aromatic N) is 1. The summed E-state index contributed by atoms with van der Waals surface area (Å²) in [6.07, 6.45) is -0.887. The van der Waals surface area contributed by atoms with Crippen molar-refractivity contribution in [1.29, 1.82) is 0 Å². The van der Waals surface area contributed by atoms with Crippen LogP contribution in [0.3, 0.4) is 0 Å². The van der Waals surface area contributed by atoms with E-state index in [0.717, 1.165) is 28.2 Å². The van der Waals surface area contributed by atoms with Crippen molar-refractivity contribution in [2.75, 3.05) is 18.1 Å². The lowest BCUT2D eigenvalue weighted by Gasteiger charge is -2.28. The Balaban J connectivity index is 1.30. The number of hydrogen-bond acceptors (Lipinski definition) is 4. The van der Waals surface area contributed by atoms with Crippen molar-refractivity contribution in [3.8, 4) is 16.9 Å². The van der Waals surface area contributed by atoms with E-state index < -0.39 is 6.10 Å². The molecule has 2 N–H and O–H groups in total. The molecule has 0 fully saturated rings. The fourth-order valence-electron chi connectivity index (χ4n) is 5.83. The molecule has 0 aliphatic rings. The first-order valence-electron chi connectivity index (χ1n) is 14.2. The van der Waals surface area contributed by atoms with Crippen LogP contribution in [-0.2, 0) is 0 Å². The number of rotatable bonds is 8. The van der Waals surface area contributed by atoms with Crippen LogP contribution in [0.5, 0.6) is 5.75 Å². The Hall–Kier alpha value is -4.90. The second-order valence-corrected chi connectivity index (χ2v) is 10.8. The summed E-state index contributed by atoms with van der Waals surface area (Å²) in [5.41, 5.74) is 6.72. The molecule has 0 radical (unpaired) electrons. The van der Waals surface area contributed by atoms with Gasteiger partial charge >= 0.3 is 0 Å². The zero-order valence-electron chi connectivity index (χ0n) is 23.4. The molecule has 0 saturated carbocycles. The summed E-state index contributed by atoms with van der Waals surface area (Å²) in [6.45, 7) is 1.85. The first kappa shape index (κ1) is 26.0. The number of hydrogen-bond donors (Lipinski definition) is 2. The van der Waals surface area contributed by atoms with E-state index in [-0.39, 0.29) is 13.2 Å². The predicted molar refractivity (Wildman–Crippen MR) is 174 cm³/mol. The Morgan fingerprint density at radius 1 is 0.619 bits per heavy atom. The molecule has 1 atom stereocenters. The molecule has 7 aromatic rings. The molecule has 206 valence electrons. The normalized spacial score (nSPS) is 12.3. The van der Waals surface area contributed by atoms with Crippen molar-refractivity contribution < 1.29 is 14.9 Å². The molecular formula is C38H31NO3.